The van der Waals surface area contributed by atoms with Crippen LogP contribution in [0.2, 0.25) is 5.15 Å². The van der Waals surface area contributed by atoms with E-state index in [2.05, 4.69) is 17.1 Å². The van der Waals surface area contributed by atoms with Crippen LogP contribution in [0.1, 0.15) is 28.1 Å². The number of amides is 1. The van der Waals surface area contributed by atoms with E-state index in [4.69, 9.17) is 16.3 Å². The molecule has 1 fully saturated rings. The number of nitrogens with zero attached hydrogens (tertiary/aromatic N) is 2. The van der Waals surface area contributed by atoms with Crippen LogP contribution in [-0.4, -0.2) is 35.5 Å². The van der Waals surface area contributed by atoms with Crippen LogP contribution in [-0.2, 0) is 6.42 Å². The molecule has 1 saturated heterocycles. The van der Waals surface area contributed by atoms with E-state index in [1.165, 1.54) is 16.9 Å². The van der Waals surface area contributed by atoms with Crippen molar-refractivity contribution in [1.82, 2.24) is 9.88 Å². The molecule has 2 heterocycles. The normalized spacial score (nSPS) is 17.7. The first-order valence-electron chi connectivity index (χ1n) is 7.22. The standard InChI is InChI=1S/C16H17ClN2O2S/c1-21-13-6-4-11(5-7-13)9-12-3-2-8-19(12)16(20)14-15(17)18-10-22-14/h4-7,10,12H,2-3,8-9H2,1H3/t12-/m0/s1. The fourth-order valence-corrected chi connectivity index (χ4v) is 3.80. The lowest BCUT2D eigenvalue weighted by Crippen LogP contribution is -2.36. The van der Waals surface area contributed by atoms with Crippen molar-refractivity contribution in [2.24, 2.45) is 0 Å². The largest absolute Gasteiger partial charge is 0.497 e. The second-order valence-electron chi connectivity index (χ2n) is 5.32. The van der Waals surface area contributed by atoms with Gasteiger partial charge in [-0.2, -0.15) is 0 Å². The zero-order valence-corrected chi connectivity index (χ0v) is 13.9. The molecule has 1 aliphatic heterocycles. The van der Waals surface area contributed by atoms with Crippen LogP contribution in [0.3, 0.4) is 0 Å². The number of carbonyl (C=O) groups excluding carboxylic acids is 1. The minimum absolute atomic E-state index is 0.00325. The van der Waals surface area contributed by atoms with Gasteiger partial charge in [-0.05, 0) is 37.0 Å². The molecule has 1 aliphatic rings. The van der Waals surface area contributed by atoms with Gasteiger partial charge in [0, 0.05) is 12.6 Å². The molecule has 116 valence electrons. The van der Waals surface area contributed by atoms with Gasteiger partial charge in [0.1, 0.15) is 10.6 Å². The van der Waals surface area contributed by atoms with Gasteiger partial charge in [-0.25, -0.2) is 4.98 Å². The summed E-state index contributed by atoms with van der Waals surface area (Å²) in [5, 5.41) is 0.310. The third-order valence-electron chi connectivity index (χ3n) is 3.99. The molecular weight excluding hydrogens is 320 g/mol. The lowest BCUT2D eigenvalue weighted by atomic mass is 10.0. The minimum atomic E-state index is 0.00325. The summed E-state index contributed by atoms with van der Waals surface area (Å²) in [5.74, 6) is 0.850. The van der Waals surface area contributed by atoms with Crippen LogP contribution in [0.4, 0.5) is 0 Å². The molecular formula is C16H17ClN2O2S. The molecule has 1 aromatic carbocycles. The smallest absolute Gasteiger partial charge is 0.267 e. The van der Waals surface area contributed by atoms with Crippen molar-refractivity contribution in [3.63, 3.8) is 0 Å². The van der Waals surface area contributed by atoms with Crippen molar-refractivity contribution in [3.8, 4) is 5.75 Å². The summed E-state index contributed by atoms with van der Waals surface area (Å²) in [6.45, 7) is 0.786. The Kier molecular flexibility index (Phi) is 4.64. The Hall–Kier alpha value is -1.59. The number of ether oxygens (including phenoxy) is 1. The molecule has 0 unspecified atom stereocenters. The quantitative estimate of drug-likeness (QED) is 0.855. The lowest BCUT2D eigenvalue weighted by molar-refractivity contribution is 0.0741. The number of thiazole rings is 1. The molecule has 0 bridgehead atoms. The van der Waals surface area contributed by atoms with Crippen molar-refractivity contribution in [2.45, 2.75) is 25.3 Å². The summed E-state index contributed by atoms with van der Waals surface area (Å²) in [6, 6.07) is 8.24. The van der Waals surface area contributed by atoms with Gasteiger partial charge in [0.15, 0.2) is 5.15 Å². The molecule has 0 radical (unpaired) electrons. The van der Waals surface area contributed by atoms with Gasteiger partial charge in [0.25, 0.3) is 5.91 Å². The first-order valence-corrected chi connectivity index (χ1v) is 8.47. The molecule has 1 amide bonds. The first-order chi connectivity index (χ1) is 10.7. The lowest BCUT2D eigenvalue weighted by Gasteiger charge is -2.24. The maximum Gasteiger partial charge on any atom is 0.267 e. The average molecular weight is 337 g/mol. The summed E-state index contributed by atoms with van der Waals surface area (Å²) >= 11 is 7.30. The topological polar surface area (TPSA) is 42.4 Å². The highest BCUT2D eigenvalue weighted by molar-refractivity contribution is 7.12. The van der Waals surface area contributed by atoms with E-state index >= 15 is 0 Å². The van der Waals surface area contributed by atoms with E-state index in [-0.39, 0.29) is 11.9 Å². The van der Waals surface area contributed by atoms with Crippen molar-refractivity contribution in [1.29, 1.82) is 0 Å². The summed E-state index contributed by atoms with van der Waals surface area (Å²) in [5.41, 5.74) is 2.82. The minimum Gasteiger partial charge on any atom is -0.497 e. The second-order valence-corrected chi connectivity index (χ2v) is 6.53. The molecule has 0 N–H and O–H groups in total. The van der Waals surface area contributed by atoms with E-state index in [0.29, 0.717) is 10.0 Å². The van der Waals surface area contributed by atoms with Crippen LogP contribution >= 0.6 is 22.9 Å². The number of carbonyl (C=O) groups is 1. The van der Waals surface area contributed by atoms with Gasteiger partial charge >= 0.3 is 0 Å². The number of rotatable bonds is 4. The number of methoxy groups -OCH3 is 1. The number of hydrogen-bond acceptors (Lipinski definition) is 4. The predicted octanol–water partition coefficient (Wildman–Crippen LogP) is 3.65. The number of benzene rings is 1. The van der Waals surface area contributed by atoms with Crippen LogP contribution in [0.25, 0.3) is 0 Å². The van der Waals surface area contributed by atoms with Crippen molar-refractivity contribution >= 4 is 28.8 Å². The summed E-state index contributed by atoms with van der Waals surface area (Å²) in [4.78, 5) is 19.1. The Morgan fingerprint density at radius 1 is 1.45 bits per heavy atom. The van der Waals surface area contributed by atoms with Gasteiger partial charge in [0.05, 0.1) is 12.6 Å². The average Bonchev–Trinajstić information content (AvgIpc) is 3.16. The summed E-state index contributed by atoms with van der Waals surface area (Å²) in [6.07, 6.45) is 2.91. The van der Waals surface area contributed by atoms with Gasteiger partial charge in [-0.3, -0.25) is 4.79 Å². The highest BCUT2D eigenvalue weighted by atomic mass is 35.5. The number of halogens is 1. The maximum atomic E-state index is 12.6. The zero-order chi connectivity index (χ0) is 15.5. The van der Waals surface area contributed by atoms with Gasteiger partial charge in [-0.1, -0.05) is 23.7 Å². The first kappa shape index (κ1) is 15.3. The molecule has 6 heteroatoms. The highest BCUT2D eigenvalue weighted by Gasteiger charge is 2.31. The fraction of sp³-hybridized carbons (Fsp3) is 0.375. The number of hydrogen-bond donors (Lipinski definition) is 0. The third kappa shape index (κ3) is 3.10. The molecule has 1 atom stereocenters. The molecule has 3 rings (SSSR count). The zero-order valence-electron chi connectivity index (χ0n) is 12.3. The second kappa shape index (κ2) is 6.67. The molecule has 0 saturated carbocycles. The highest BCUT2D eigenvalue weighted by Crippen LogP contribution is 2.27. The monoisotopic (exact) mass is 336 g/mol. The van der Waals surface area contributed by atoms with E-state index in [0.717, 1.165) is 31.6 Å². The Labute approximate surface area is 138 Å². The Morgan fingerprint density at radius 3 is 2.86 bits per heavy atom. The van der Waals surface area contributed by atoms with Gasteiger partial charge in [-0.15, -0.1) is 11.3 Å². The molecule has 0 spiro atoms. The van der Waals surface area contributed by atoms with E-state index < -0.39 is 0 Å². The van der Waals surface area contributed by atoms with Gasteiger partial charge in [0.2, 0.25) is 0 Å². The molecule has 22 heavy (non-hydrogen) atoms. The Morgan fingerprint density at radius 2 is 2.23 bits per heavy atom. The Bertz CT molecular complexity index is 656. The van der Waals surface area contributed by atoms with E-state index in [1.807, 2.05) is 17.0 Å². The van der Waals surface area contributed by atoms with Crippen molar-refractivity contribution in [2.75, 3.05) is 13.7 Å². The van der Waals surface area contributed by atoms with E-state index in [1.54, 1.807) is 12.6 Å². The van der Waals surface area contributed by atoms with Crippen molar-refractivity contribution in [3.05, 3.63) is 45.4 Å². The van der Waals surface area contributed by atoms with Crippen molar-refractivity contribution < 1.29 is 9.53 Å². The van der Waals surface area contributed by atoms with Gasteiger partial charge < -0.3 is 9.64 Å². The molecule has 1 aromatic heterocycles. The maximum absolute atomic E-state index is 12.6. The Balaban J connectivity index is 1.72. The van der Waals surface area contributed by atoms with E-state index in [9.17, 15) is 4.79 Å². The van der Waals surface area contributed by atoms with Crippen LogP contribution in [0, 0.1) is 0 Å². The predicted molar refractivity (Wildman–Crippen MR) is 87.9 cm³/mol. The third-order valence-corrected chi connectivity index (χ3v) is 5.20. The molecule has 4 nitrogen and oxygen atoms in total. The molecule has 0 aliphatic carbocycles. The molecule has 2 aromatic rings. The SMILES string of the molecule is COc1ccc(C[C@@H]2CCCN2C(=O)c2scnc2Cl)cc1. The number of likely N-dealkylation sites (tertiary alicyclic amines) is 1. The fourth-order valence-electron chi connectivity index (χ4n) is 2.85. The van der Waals surface area contributed by atoms with Crippen LogP contribution in [0.15, 0.2) is 29.8 Å². The summed E-state index contributed by atoms with van der Waals surface area (Å²) in [7, 11) is 1.66. The number of aromatic nitrogens is 1. The summed E-state index contributed by atoms with van der Waals surface area (Å²) < 4.78 is 5.18. The van der Waals surface area contributed by atoms with Crippen LogP contribution in [0.5, 0.6) is 5.75 Å². The van der Waals surface area contributed by atoms with Crippen LogP contribution < -0.4 is 4.74 Å².